The molecule has 0 radical (unpaired) electrons. The number of nitrogens with zero attached hydrogens (tertiary/aromatic N) is 8. The molecule has 0 saturated carbocycles. The summed E-state index contributed by atoms with van der Waals surface area (Å²) in [4.78, 5) is 19.6. The maximum absolute atomic E-state index is 15.1. The molecule has 6 rings (SSSR count). The number of aryl methyl sites for hydroxylation is 1. The molecule has 3 N–H and O–H groups in total. The molecule has 4 aromatic heterocycles. The molecule has 2 fully saturated rings. The van der Waals surface area contributed by atoms with Gasteiger partial charge in [0.05, 0.1) is 11.7 Å². The third kappa shape index (κ3) is 3.77. The van der Waals surface area contributed by atoms with E-state index in [1.165, 1.54) is 0 Å². The summed E-state index contributed by atoms with van der Waals surface area (Å²) in [6.07, 6.45) is 1.14. The van der Waals surface area contributed by atoms with Crippen LogP contribution in [-0.4, -0.2) is 78.2 Å². The molecule has 0 unspecified atom stereocenters. The average molecular weight is 505 g/mol. The number of fused-ring (bicyclic) bond motifs is 2. The van der Waals surface area contributed by atoms with E-state index in [-0.39, 0.29) is 24.4 Å². The highest BCUT2D eigenvalue weighted by Crippen LogP contribution is 2.33. The number of anilines is 2. The highest BCUT2D eigenvalue weighted by atomic mass is 19.1. The number of hydrogen-bond donors (Lipinski definition) is 2. The van der Waals surface area contributed by atoms with Gasteiger partial charge in [0.25, 0.3) is 0 Å². The number of rotatable bonds is 5. The molecule has 192 valence electrons. The third-order valence-corrected chi connectivity index (χ3v) is 7.36. The van der Waals surface area contributed by atoms with Crippen LogP contribution >= 0.6 is 0 Å². The first-order chi connectivity index (χ1) is 17.8. The number of likely N-dealkylation sites (tertiary alicyclic amines) is 1. The molecule has 0 spiro atoms. The van der Waals surface area contributed by atoms with Crippen molar-refractivity contribution in [3.05, 3.63) is 41.6 Å². The lowest BCUT2D eigenvalue weighted by molar-refractivity contribution is -0.127. The van der Waals surface area contributed by atoms with E-state index < -0.39 is 17.9 Å². The summed E-state index contributed by atoms with van der Waals surface area (Å²) in [7, 11) is 0. The Morgan fingerprint density at radius 3 is 2.73 bits per heavy atom. The molecule has 0 bridgehead atoms. The number of halogens is 1. The first-order valence-corrected chi connectivity index (χ1v) is 12.4. The number of imidazole rings is 1. The van der Waals surface area contributed by atoms with Gasteiger partial charge >= 0.3 is 5.66 Å². The van der Waals surface area contributed by atoms with Crippen LogP contribution in [0.2, 0.25) is 0 Å². The zero-order valence-electron chi connectivity index (χ0n) is 21.0. The predicted molar refractivity (Wildman–Crippen MR) is 138 cm³/mol. The monoisotopic (exact) mass is 504 g/mol. The van der Waals surface area contributed by atoms with Crippen molar-refractivity contribution in [3.63, 3.8) is 0 Å². The number of aromatic nitrogens is 6. The van der Waals surface area contributed by atoms with Crippen molar-refractivity contribution in [2.45, 2.75) is 51.1 Å². The van der Waals surface area contributed by atoms with Crippen LogP contribution in [0, 0.1) is 13.5 Å². The minimum Gasteiger partial charge on any atom is -0.382 e. The maximum Gasteiger partial charge on any atom is 0.334 e. The van der Waals surface area contributed by atoms with Crippen LogP contribution in [0.3, 0.4) is 0 Å². The first kappa shape index (κ1) is 23.6. The molecule has 0 amide bonds. The summed E-state index contributed by atoms with van der Waals surface area (Å²) in [5.41, 5.74) is 9.52. The van der Waals surface area contributed by atoms with Gasteiger partial charge in [-0.25, -0.2) is 30.3 Å². The van der Waals surface area contributed by atoms with Crippen molar-refractivity contribution >= 4 is 28.4 Å². The minimum atomic E-state index is -1.18. The summed E-state index contributed by atoms with van der Waals surface area (Å²) in [5, 5.41) is 7.68. The SMILES string of the molecule is [C-]#[N+]C1(N2CC[C@H](Nc3nc(N)c4c(-c5ccc6nc(C)n(C(C)C)c6n5)ccn4n3)[C@H](F)C2)COC1. The van der Waals surface area contributed by atoms with Gasteiger partial charge < -0.3 is 20.4 Å². The Kier molecular flexibility index (Phi) is 5.50. The second-order valence-corrected chi connectivity index (χ2v) is 10.1. The smallest absolute Gasteiger partial charge is 0.334 e. The molecule has 12 heteroatoms. The van der Waals surface area contributed by atoms with E-state index in [0.717, 1.165) is 28.2 Å². The van der Waals surface area contributed by atoms with E-state index in [9.17, 15) is 0 Å². The molecule has 2 aliphatic rings. The molecule has 37 heavy (non-hydrogen) atoms. The molecule has 11 nitrogen and oxygen atoms in total. The predicted octanol–water partition coefficient (Wildman–Crippen LogP) is 3.08. The third-order valence-electron chi connectivity index (χ3n) is 7.36. The molecule has 2 saturated heterocycles. The fourth-order valence-electron chi connectivity index (χ4n) is 5.39. The molecular weight excluding hydrogens is 475 g/mol. The summed E-state index contributed by atoms with van der Waals surface area (Å²) in [6, 6.07) is 5.53. The Morgan fingerprint density at radius 2 is 2.05 bits per heavy atom. The highest BCUT2D eigenvalue weighted by molar-refractivity contribution is 5.88. The zero-order valence-corrected chi connectivity index (χ0v) is 21.0. The van der Waals surface area contributed by atoms with Crippen LogP contribution in [0.1, 0.15) is 32.1 Å². The first-order valence-electron chi connectivity index (χ1n) is 12.4. The summed E-state index contributed by atoms with van der Waals surface area (Å²) < 4.78 is 24.1. The molecule has 0 aromatic carbocycles. The Morgan fingerprint density at radius 1 is 1.24 bits per heavy atom. The van der Waals surface area contributed by atoms with Gasteiger partial charge in [0.2, 0.25) is 5.95 Å². The zero-order chi connectivity index (χ0) is 25.9. The lowest BCUT2D eigenvalue weighted by Gasteiger charge is -2.43. The van der Waals surface area contributed by atoms with Gasteiger partial charge in [0, 0.05) is 30.9 Å². The Balaban J connectivity index is 1.26. The van der Waals surface area contributed by atoms with E-state index >= 15 is 4.39 Å². The molecule has 2 aliphatic heterocycles. The van der Waals surface area contributed by atoms with Crippen LogP contribution in [0.5, 0.6) is 0 Å². The summed E-state index contributed by atoms with van der Waals surface area (Å²) in [5.74, 6) is 1.45. The lowest BCUT2D eigenvalue weighted by Crippen LogP contribution is -2.64. The molecule has 0 aliphatic carbocycles. The Bertz CT molecular complexity index is 1530. The van der Waals surface area contributed by atoms with Gasteiger partial charge in [-0.3, -0.25) is 4.85 Å². The van der Waals surface area contributed by atoms with E-state index in [1.807, 2.05) is 30.0 Å². The Labute approximate surface area is 213 Å². The number of nitrogens with two attached hydrogens (primary N) is 1. The quantitative estimate of drug-likeness (QED) is 0.399. The number of pyridine rings is 1. The van der Waals surface area contributed by atoms with Crippen LogP contribution in [-0.2, 0) is 4.74 Å². The second-order valence-electron chi connectivity index (χ2n) is 10.1. The highest BCUT2D eigenvalue weighted by Gasteiger charge is 2.53. The normalized spacial score (nSPS) is 21.8. The largest absolute Gasteiger partial charge is 0.382 e. The van der Waals surface area contributed by atoms with Crippen molar-refractivity contribution in [1.82, 2.24) is 34.0 Å². The second kappa shape index (κ2) is 8.64. The number of piperidine rings is 1. The van der Waals surface area contributed by atoms with Gasteiger partial charge in [0.15, 0.2) is 11.5 Å². The van der Waals surface area contributed by atoms with E-state index in [0.29, 0.717) is 31.7 Å². The van der Waals surface area contributed by atoms with Crippen LogP contribution in [0.15, 0.2) is 24.4 Å². The Hall–Kier alpha value is -3.82. The fraction of sp³-hybridized carbons (Fsp3) is 0.480. The lowest BCUT2D eigenvalue weighted by atomic mass is 9.97. The number of ether oxygens (including phenoxy) is 1. The number of hydrogen-bond acceptors (Lipinski definition) is 8. The van der Waals surface area contributed by atoms with Crippen molar-refractivity contribution in [2.24, 2.45) is 0 Å². The van der Waals surface area contributed by atoms with Gasteiger partial charge in [-0.15, -0.1) is 5.10 Å². The molecule has 2 atom stereocenters. The topological polar surface area (TPSA) is 116 Å². The van der Waals surface area contributed by atoms with Crippen molar-refractivity contribution in [1.29, 1.82) is 0 Å². The van der Waals surface area contributed by atoms with Crippen molar-refractivity contribution in [2.75, 3.05) is 37.4 Å². The summed E-state index contributed by atoms with van der Waals surface area (Å²) >= 11 is 0. The molecular formula is C25H29FN10O. The number of nitrogen functional groups attached to an aromatic ring is 1. The van der Waals surface area contributed by atoms with Gasteiger partial charge in [0.1, 0.15) is 36.2 Å². The van der Waals surface area contributed by atoms with E-state index in [1.54, 1.807) is 10.7 Å². The number of nitrogens with one attached hydrogen (secondary N) is 1. The van der Waals surface area contributed by atoms with Crippen LogP contribution in [0.25, 0.3) is 32.8 Å². The van der Waals surface area contributed by atoms with Crippen molar-refractivity contribution in [3.8, 4) is 11.3 Å². The maximum atomic E-state index is 15.1. The average Bonchev–Trinajstić information content (AvgIpc) is 3.40. The number of alkyl halides is 1. The van der Waals surface area contributed by atoms with Gasteiger partial charge in [-0.05, 0) is 45.4 Å². The van der Waals surface area contributed by atoms with Gasteiger partial charge in [-0.1, -0.05) is 0 Å². The van der Waals surface area contributed by atoms with Crippen LogP contribution < -0.4 is 11.1 Å². The fourth-order valence-corrected chi connectivity index (χ4v) is 5.39. The van der Waals surface area contributed by atoms with Crippen molar-refractivity contribution < 1.29 is 9.13 Å². The summed E-state index contributed by atoms with van der Waals surface area (Å²) in [6.45, 7) is 15.1. The standard InChI is InChI=1S/C25H29FN10O/c1-14(2)36-15(3)29-20-6-5-18(30-23(20)36)16-7-10-35-21(16)22(27)32-24(33-35)31-19-8-9-34(11-17(19)26)25(28-4)12-37-13-25/h5-7,10,14,17,19H,8-9,11-13H2,1-3H3,(H3,27,31,32,33)/t17-,19+/m1/s1. The van der Waals surface area contributed by atoms with E-state index in [4.69, 9.17) is 22.0 Å². The van der Waals surface area contributed by atoms with Gasteiger partial charge in [-0.2, -0.15) is 4.98 Å². The molecule has 6 heterocycles. The van der Waals surface area contributed by atoms with E-state index in [2.05, 4.69) is 43.6 Å². The van der Waals surface area contributed by atoms with Crippen LogP contribution in [0.4, 0.5) is 16.2 Å². The minimum absolute atomic E-state index is 0.162. The molecule has 4 aromatic rings.